The molecule has 0 spiro atoms. The summed E-state index contributed by atoms with van der Waals surface area (Å²) in [7, 11) is -3.79. The van der Waals surface area contributed by atoms with Gasteiger partial charge in [0, 0.05) is 6.07 Å². The molecule has 5 nitrogen and oxygen atoms in total. The number of hydrogen-bond donors (Lipinski definition) is 2. The van der Waals surface area contributed by atoms with Gasteiger partial charge in [-0.05, 0) is 36.4 Å². The Balaban J connectivity index is 1.94. The van der Waals surface area contributed by atoms with E-state index in [9.17, 15) is 13.5 Å². The van der Waals surface area contributed by atoms with Crippen molar-refractivity contribution in [3.05, 3.63) is 78.9 Å². The average molecular weight is 341 g/mol. The predicted octanol–water partition coefficient (Wildman–Crippen LogP) is 3.99. The summed E-state index contributed by atoms with van der Waals surface area (Å²) in [5.41, 5.74) is 0.155. The van der Waals surface area contributed by atoms with Crippen molar-refractivity contribution in [2.75, 3.05) is 4.72 Å². The van der Waals surface area contributed by atoms with Crippen molar-refractivity contribution in [1.82, 2.24) is 0 Å². The van der Waals surface area contributed by atoms with Crippen LogP contribution in [0.3, 0.4) is 0 Å². The largest absolute Gasteiger partial charge is 0.508 e. The van der Waals surface area contributed by atoms with Crippen LogP contribution in [0.15, 0.2) is 83.8 Å². The Kier molecular flexibility index (Phi) is 4.39. The maximum Gasteiger partial charge on any atom is 0.262 e. The van der Waals surface area contributed by atoms with E-state index in [0.29, 0.717) is 11.5 Å². The maximum absolute atomic E-state index is 12.5. The van der Waals surface area contributed by atoms with E-state index in [4.69, 9.17) is 4.74 Å². The quantitative estimate of drug-likeness (QED) is 0.736. The normalized spacial score (nSPS) is 11.0. The van der Waals surface area contributed by atoms with Crippen molar-refractivity contribution in [3.63, 3.8) is 0 Å². The van der Waals surface area contributed by atoms with Gasteiger partial charge in [0.2, 0.25) is 0 Å². The monoisotopic (exact) mass is 341 g/mol. The molecule has 0 radical (unpaired) electrons. The van der Waals surface area contributed by atoms with Crippen LogP contribution in [0, 0.1) is 0 Å². The number of ether oxygens (including phenoxy) is 1. The topological polar surface area (TPSA) is 75.6 Å². The molecular formula is C18H15NO4S. The highest BCUT2D eigenvalue weighted by molar-refractivity contribution is 7.92. The average Bonchev–Trinajstić information content (AvgIpc) is 2.59. The van der Waals surface area contributed by atoms with Crippen LogP contribution in [0.4, 0.5) is 5.69 Å². The van der Waals surface area contributed by atoms with Crippen LogP contribution in [0.5, 0.6) is 17.2 Å². The Morgan fingerprint density at radius 1 is 0.833 bits per heavy atom. The van der Waals surface area contributed by atoms with Gasteiger partial charge in [-0.3, -0.25) is 4.72 Å². The first-order chi connectivity index (χ1) is 11.5. The summed E-state index contributed by atoms with van der Waals surface area (Å²) in [5.74, 6) is 0.781. The minimum Gasteiger partial charge on any atom is -0.508 e. The highest BCUT2D eigenvalue weighted by atomic mass is 32.2. The van der Waals surface area contributed by atoms with Crippen molar-refractivity contribution in [2.45, 2.75) is 4.90 Å². The Labute approximate surface area is 140 Å². The lowest BCUT2D eigenvalue weighted by Crippen LogP contribution is -2.13. The van der Waals surface area contributed by atoms with Crippen LogP contribution in [-0.4, -0.2) is 13.5 Å². The molecule has 2 N–H and O–H groups in total. The summed E-state index contributed by atoms with van der Waals surface area (Å²) >= 11 is 0. The maximum atomic E-state index is 12.5. The molecule has 0 heterocycles. The lowest BCUT2D eigenvalue weighted by Gasteiger charge is -2.14. The molecule has 6 heteroatoms. The number of para-hydroxylation sites is 1. The number of nitrogens with one attached hydrogen (secondary N) is 1. The van der Waals surface area contributed by atoms with Crippen LogP contribution in [0.1, 0.15) is 0 Å². The van der Waals surface area contributed by atoms with Crippen LogP contribution < -0.4 is 9.46 Å². The zero-order chi connectivity index (χ0) is 17.0. The predicted molar refractivity (Wildman–Crippen MR) is 91.9 cm³/mol. The van der Waals surface area contributed by atoms with Crippen molar-refractivity contribution in [3.8, 4) is 17.2 Å². The van der Waals surface area contributed by atoms with E-state index in [-0.39, 0.29) is 16.3 Å². The lowest BCUT2D eigenvalue weighted by molar-refractivity contribution is 0.466. The fraction of sp³-hybridized carbons (Fsp3) is 0. The molecule has 0 saturated carbocycles. The first kappa shape index (κ1) is 15.9. The molecule has 3 rings (SSSR count). The van der Waals surface area contributed by atoms with Gasteiger partial charge in [-0.1, -0.05) is 36.4 Å². The van der Waals surface area contributed by atoms with Crippen molar-refractivity contribution < 1.29 is 18.3 Å². The van der Waals surface area contributed by atoms with Crippen LogP contribution >= 0.6 is 0 Å². The van der Waals surface area contributed by atoms with E-state index in [1.807, 2.05) is 18.2 Å². The number of phenolic OH excluding ortho intramolecular Hbond substituents is 1. The number of aromatic hydroxyl groups is 1. The van der Waals surface area contributed by atoms with Crippen molar-refractivity contribution >= 4 is 15.7 Å². The third-order valence-electron chi connectivity index (χ3n) is 3.23. The van der Waals surface area contributed by atoms with Gasteiger partial charge in [0.05, 0.1) is 10.6 Å². The van der Waals surface area contributed by atoms with Gasteiger partial charge in [0.25, 0.3) is 10.0 Å². The van der Waals surface area contributed by atoms with Gasteiger partial charge in [-0.25, -0.2) is 8.42 Å². The van der Waals surface area contributed by atoms with Gasteiger partial charge in [-0.2, -0.15) is 0 Å². The second-order valence-electron chi connectivity index (χ2n) is 5.01. The number of benzene rings is 3. The molecule has 0 aromatic heterocycles. The molecule has 0 unspecified atom stereocenters. The molecule has 3 aromatic rings. The Morgan fingerprint density at radius 3 is 2.12 bits per heavy atom. The summed E-state index contributed by atoms with van der Waals surface area (Å²) in [6.07, 6.45) is 0. The van der Waals surface area contributed by atoms with Crippen LogP contribution in [-0.2, 0) is 10.0 Å². The van der Waals surface area contributed by atoms with Crippen molar-refractivity contribution in [2.24, 2.45) is 0 Å². The number of anilines is 1. The fourth-order valence-corrected chi connectivity index (χ4v) is 3.19. The number of rotatable bonds is 5. The smallest absolute Gasteiger partial charge is 0.262 e. The fourth-order valence-electron chi connectivity index (χ4n) is 2.11. The van der Waals surface area contributed by atoms with Gasteiger partial charge in [0.1, 0.15) is 11.5 Å². The number of hydrogen-bond acceptors (Lipinski definition) is 4. The molecule has 0 aliphatic heterocycles. The second kappa shape index (κ2) is 6.64. The van der Waals surface area contributed by atoms with Gasteiger partial charge < -0.3 is 9.84 Å². The zero-order valence-electron chi connectivity index (χ0n) is 12.6. The molecule has 0 aliphatic carbocycles. The first-order valence-electron chi connectivity index (χ1n) is 7.18. The van der Waals surface area contributed by atoms with E-state index in [1.165, 1.54) is 30.3 Å². The van der Waals surface area contributed by atoms with E-state index >= 15 is 0 Å². The zero-order valence-corrected chi connectivity index (χ0v) is 13.4. The Hall–Kier alpha value is -2.99. The van der Waals surface area contributed by atoms with E-state index in [0.717, 1.165) is 0 Å². The third kappa shape index (κ3) is 3.67. The van der Waals surface area contributed by atoms with Gasteiger partial charge in [-0.15, -0.1) is 0 Å². The number of phenols is 1. The van der Waals surface area contributed by atoms with Gasteiger partial charge in [0.15, 0.2) is 5.75 Å². The lowest BCUT2D eigenvalue weighted by atomic mass is 10.3. The summed E-state index contributed by atoms with van der Waals surface area (Å²) in [6.45, 7) is 0. The standard InChI is InChI=1S/C18H15NO4S/c20-14-11-12-18(23-15-7-3-1-4-8-15)17(13-14)19-24(21,22)16-9-5-2-6-10-16/h1-13,19-20H. The minimum atomic E-state index is -3.79. The molecule has 0 amide bonds. The molecule has 3 aromatic carbocycles. The highest BCUT2D eigenvalue weighted by Gasteiger charge is 2.17. The molecule has 122 valence electrons. The molecular weight excluding hydrogens is 326 g/mol. The summed E-state index contributed by atoms with van der Waals surface area (Å²) in [5, 5.41) is 9.68. The first-order valence-corrected chi connectivity index (χ1v) is 8.67. The van der Waals surface area contributed by atoms with Crippen molar-refractivity contribution in [1.29, 1.82) is 0 Å². The van der Waals surface area contributed by atoms with E-state index in [2.05, 4.69) is 4.72 Å². The molecule has 0 fully saturated rings. The highest BCUT2D eigenvalue weighted by Crippen LogP contribution is 2.33. The van der Waals surface area contributed by atoms with Crippen LogP contribution in [0.2, 0.25) is 0 Å². The second-order valence-corrected chi connectivity index (χ2v) is 6.70. The number of sulfonamides is 1. The SMILES string of the molecule is O=S(=O)(Nc1cc(O)ccc1Oc1ccccc1)c1ccccc1. The minimum absolute atomic E-state index is 0.0684. The molecule has 0 atom stereocenters. The molecule has 0 bridgehead atoms. The third-order valence-corrected chi connectivity index (χ3v) is 4.61. The van der Waals surface area contributed by atoms with Gasteiger partial charge >= 0.3 is 0 Å². The van der Waals surface area contributed by atoms with E-state index in [1.54, 1.807) is 30.3 Å². The molecule has 0 saturated heterocycles. The molecule has 24 heavy (non-hydrogen) atoms. The summed E-state index contributed by atoms with van der Waals surface area (Å²) in [4.78, 5) is 0.124. The Bertz CT molecular complexity index is 926. The molecule has 0 aliphatic rings. The van der Waals surface area contributed by atoms with Crippen LogP contribution in [0.25, 0.3) is 0 Å². The summed E-state index contributed by atoms with van der Waals surface area (Å²) in [6, 6.07) is 21.2. The Morgan fingerprint density at radius 2 is 1.46 bits per heavy atom. The van der Waals surface area contributed by atoms with E-state index < -0.39 is 10.0 Å². The summed E-state index contributed by atoms with van der Waals surface area (Å²) < 4.78 is 33.1.